The van der Waals surface area contributed by atoms with E-state index in [0.717, 1.165) is 19.3 Å². The Morgan fingerprint density at radius 2 is 1.93 bits per heavy atom. The topological polar surface area (TPSA) is 86.2 Å². The minimum absolute atomic E-state index is 0.126. The number of unbranched alkanes of at least 4 members (excludes halogenated alkanes) is 2. The van der Waals surface area contributed by atoms with Crippen molar-refractivity contribution in [3.8, 4) is 0 Å². The Balaban J connectivity index is 3.84. The van der Waals surface area contributed by atoms with Crippen LogP contribution in [0.25, 0.3) is 0 Å². The summed E-state index contributed by atoms with van der Waals surface area (Å²) in [5.41, 5.74) is 10.5. The summed E-state index contributed by atoms with van der Waals surface area (Å²) < 4.78 is 0. The van der Waals surface area contributed by atoms with Crippen LogP contribution in [0.2, 0.25) is 0 Å². The van der Waals surface area contributed by atoms with Gasteiger partial charge in [-0.2, -0.15) is 0 Å². The van der Waals surface area contributed by atoms with Crippen molar-refractivity contribution in [2.75, 3.05) is 6.54 Å². The second kappa shape index (κ2) is 8.41. The second-order valence-electron chi connectivity index (χ2n) is 3.88. The second-order valence-corrected chi connectivity index (χ2v) is 3.88. The number of Topliss-reactive ketones (excluding diaryl/α,β-unsaturated/α-hetero) is 1. The molecule has 0 aliphatic rings. The first-order valence-corrected chi connectivity index (χ1v) is 5.62. The molecule has 88 valence electrons. The third kappa shape index (κ3) is 7.08. The van der Waals surface area contributed by atoms with Crippen LogP contribution in [0.3, 0.4) is 0 Å². The van der Waals surface area contributed by atoms with E-state index in [2.05, 4.69) is 6.92 Å². The molecule has 0 saturated heterocycles. The molecule has 0 aromatic heterocycles. The zero-order valence-electron chi connectivity index (χ0n) is 9.50. The molecule has 0 aliphatic heterocycles. The number of amides is 1. The summed E-state index contributed by atoms with van der Waals surface area (Å²) in [6, 6.07) is 0. The van der Waals surface area contributed by atoms with Gasteiger partial charge >= 0.3 is 0 Å². The molecule has 0 rings (SSSR count). The van der Waals surface area contributed by atoms with E-state index in [1.807, 2.05) is 0 Å². The van der Waals surface area contributed by atoms with Gasteiger partial charge in [-0.1, -0.05) is 19.8 Å². The molecule has 0 fully saturated rings. The molecule has 0 spiro atoms. The number of nitrogens with two attached hydrogens (primary N) is 2. The normalized spacial score (nSPS) is 12.4. The number of hydrogen-bond acceptors (Lipinski definition) is 3. The van der Waals surface area contributed by atoms with Gasteiger partial charge in [0.1, 0.15) is 5.78 Å². The maximum atomic E-state index is 11.5. The molecular weight excluding hydrogens is 192 g/mol. The van der Waals surface area contributed by atoms with Crippen LogP contribution >= 0.6 is 0 Å². The largest absolute Gasteiger partial charge is 0.369 e. The zero-order chi connectivity index (χ0) is 11.7. The number of primary amides is 1. The summed E-state index contributed by atoms with van der Waals surface area (Å²) in [5, 5.41) is 0. The molecule has 0 radical (unpaired) electrons. The average Bonchev–Trinajstić information content (AvgIpc) is 2.17. The highest BCUT2D eigenvalue weighted by molar-refractivity contribution is 5.85. The first-order chi connectivity index (χ1) is 7.11. The van der Waals surface area contributed by atoms with Crippen LogP contribution in [0, 0.1) is 5.92 Å². The van der Waals surface area contributed by atoms with Crippen molar-refractivity contribution in [2.24, 2.45) is 17.4 Å². The van der Waals surface area contributed by atoms with Gasteiger partial charge in [0, 0.05) is 18.8 Å². The first kappa shape index (κ1) is 14.1. The molecule has 1 amide bonds. The summed E-state index contributed by atoms with van der Waals surface area (Å²) >= 11 is 0. The first-order valence-electron chi connectivity index (χ1n) is 5.62. The lowest BCUT2D eigenvalue weighted by Crippen LogP contribution is -2.27. The smallest absolute Gasteiger partial charge is 0.221 e. The Labute approximate surface area is 91.4 Å². The Kier molecular flexibility index (Phi) is 7.91. The summed E-state index contributed by atoms with van der Waals surface area (Å²) in [6.07, 6.45) is 4.38. The quantitative estimate of drug-likeness (QED) is 0.561. The van der Waals surface area contributed by atoms with Crippen molar-refractivity contribution >= 4 is 11.7 Å². The molecule has 15 heavy (non-hydrogen) atoms. The van der Waals surface area contributed by atoms with Gasteiger partial charge in [-0.25, -0.2) is 0 Å². The summed E-state index contributed by atoms with van der Waals surface area (Å²) in [7, 11) is 0. The lowest BCUT2D eigenvalue weighted by atomic mass is 9.96. The highest BCUT2D eigenvalue weighted by Gasteiger charge is 2.17. The van der Waals surface area contributed by atoms with Crippen molar-refractivity contribution in [2.45, 2.75) is 45.4 Å². The molecule has 0 heterocycles. The van der Waals surface area contributed by atoms with Crippen LogP contribution in [0.5, 0.6) is 0 Å². The van der Waals surface area contributed by atoms with Gasteiger partial charge in [0.2, 0.25) is 5.91 Å². The third-order valence-electron chi connectivity index (χ3n) is 2.45. The van der Waals surface area contributed by atoms with Crippen LogP contribution in [-0.4, -0.2) is 18.2 Å². The summed E-state index contributed by atoms with van der Waals surface area (Å²) in [6.45, 7) is 2.49. The number of hydrogen-bond donors (Lipinski definition) is 2. The fraction of sp³-hybridized carbons (Fsp3) is 0.818. The van der Waals surface area contributed by atoms with Gasteiger partial charge in [-0.05, 0) is 19.4 Å². The van der Waals surface area contributed by atoms with Gasteiger partial charge in [-0.3, -0.25) is 9.59 Å². The van der Waals surface area contributed by atoms with Crippen molar-refractivity contribution < 1.29 is 9.59 Å². The predicted molar refractivity (Wildman–Crippen MR) is 60.1 cm³/mol. The number of rotatable bonds is 9. The van der Waals surface area contributed by atoms with Crippen molar-refractivity contribution in [3.05, 3.63) is 0 Å². The fourth-order valence-corrected chi connectivity index (χ4v) is 1.50. The van der Waals surface area contributed by atoms with Gasteiger partial charge in [0.25, 0.3) is 0 Å². The number of ketones is 1. The number of carbonyl (C=O) groups is 2. The van der Waals surface area contributed by atoms with Crippen LogP contribution in [0.4, 0.5) is 0 Å². The maximum Gasteiger partial charge on any atom is 0.221 e. The van der Waals surface area contributed by atoms with E-state index >= 15 is 0 Å². The Morgan fingerprint density at radius 3 is 2.40 bits per heavy atom. The van der Waals surface area contributed by atoms with Crippen LogP contribution in [0.1, 0.15) is 45.4 Å². The van der Waals surface area contributed by atoms with Crippen LogP contribution < -0.4 is 11.5 Å². The molecule has 0 aliphatic carbocycles. The Morgan fingerprint density at radius 1 is 1.27 bits per heavy atom. The Bertz CT molecular complexity index is 205. The van der Waals surface area contributed by atoms with Gasteiger partial charge in [-0.15, -0.1) is 0 Å². The standard InChI is InChI=1S/C11H22N2O2/c1-2-3-4-5-10(14)8-9(6-7-12)11(13)15/h9H,2-8,12H2,1H3,(H2,13,15). The third-order valence-corrected chi connectivity index (χ3v) is 2.45. The molecule has 4 nitrogen and oxygen atoms in total. The predicted octanol–water partition coefficient (Wildman–Crippen LogP) is 0.976. The fourth-order valence-electron chi connectivity index (χ4n) is 1.50. The zero-order valence-corrected chi connectivity index (χ0v) is 9.50. The van der Waals surface area contributed by atoms with E-state index in [1.54, 1.807) is 0 Å². The molecule has 0 saturated carbocycles. The molecule has 4 N–H and O–H groups in total. The lowest BCUT2D eigenvalue weighted by Gasteiger charge is -2.10. The molecule has 1 unspecified atom stereocenters. The van der Waals surface area contributed by atoms with Crippen molar-refractivity contribution in [3.63, 3.8) is 0 Å². The Hall–Kier alpha value is -0.900. The molecule has 1 atom stereocenters. The van der Waals surface area contributed by atoms with E-state index in [4.69, 9.17) is 11.5 Å². The van der Waals surface area contributed by atoms with Crippen molar-refractivity contribution in [1.29, 1.82) is 0 Å². The molecule has 4 heteroatoms. The van der Waals surface area contributed by atoms with E-state index in [0.29, 0.717) is 19.4 Å². The van der Waals surface area contributed by atoms with Crippen LogP contribution in [0.15, 0.2) is 0 Å². The van der Waals surface area contributed by atoms with E-state index < -0.39 is 5.91 Å². The minimum atomic E-state index is -0.413. The molecule has 0 bridgehead atoms. The SMILES string of the molecule is CCCCCC(=O)CC(CCN)C(N)=O. The van der Waals surface area contributed by atoms with E-state index in [1.165, 1.54) is 0 Å². The average molecular weight is 214 g/mol. The van der Waals surface area contributed by atoms with Gasteiger partial charge < -0.3 is 11.5 Å². The lowest BCUT2D eigenvalue weighted by molar-refractivity contribution is -0.127. The highest BCUT2D eigenvalue weighted by atomic mass is 16.1. The highest BCUT2D eigenvalue weighted by Crippen LogP contribution is 2.11. The molecule has 0 aromatic rings. The molecular formula is C11H22N2O2. The minimum Gasteiger partial charge on any atom is -0.369 e. The van der Waals surface area contributed by atoms with Crippen molar-refractivity contribution in [1.82, 2.24) is 0 Å². The van der Waals surface area contributed by atoms with Gasteiger partial charge in [0.05, 0.1) is 0 Å². The van der Waals surface area contributed by atoms with E-state index in [9.17, 15) is 9.59 Å². The summed E-state index contributed by atoms with van der Waals surface area (Å²) in [5.74, 6) is -0.658. The number of carbonyl (C=O) groups excluding carboxylic acids is 2. The van der Waals surface area contributed by atoms with E-state index in [-0.39, 0.29) is 18.1 Å². The monoisotopic (exact) mass is 214 g/mol. The molecule has 0 aromatic carbocycles. The maximum absolute atomic E-state index is 11.5. The summed E-state index contributed by atoms with van der Waals surface area (Å²) in [4.78, 5) is 22.4. The van der Waals surface area contributed by atoms with Crippen LogP contribution in [-0.2, 0) is 9.59 Å². The van der Waals surface area contributed by atoms with Gasteiger partial charge in [0.15, 0.2) is 0 Å².